The molecule has 1 amide bonds. The summed E-state index contributed by atoms with van der Waals surface area (Å²) < 4.78 is 2.19. The molecule has 0 fully saturated rings. The first-order valence-corrected chi connectivity index (χ1v) is 7.48. The van der Waals surface area contributed by atoms with Gasteiger partial charge in [0.25, 0.3) is 0 Å². The van der Waals surface area contributed by atoms with Crippen molar-refractivity contribution in [2.24, 2.45) is 5.73 Å². The first-order valence-electron chi connectivity index (χ1n) is 7.48. The van der Waals surface area contributed by atoms with Crippen molar-refractivity contribution < 1.29 is 9.90 Å². The SMILES string of the molecule is NCc1ccc2ccn(Cc3ccc(CNC(=O)O)cc3)c2c1. The molecule has 118 valence electrons. The van der Waals surface area contributed by atoms with E-state index in [9.17, 15) is 4.79 Å². The van der Waals surface area contributed by atoms with Crippen LogP contribution in [0.5, 0.6) is 0 Å². The van der Waals surface area contributed by atoms with Gasteiger partial charge in [0.2, 0.25) is 0 Å². The quantitative estimate of drug-likeness (QED) is 0.678. The Morgan fingerprint density at radius 2 is 1.74 bits per heavy atom. The number of rotatable bonds is 5. The predicted octanol–water partition coefficient (Wildman–Crippen LogP) is 2.92. The Morgan fingerprint density at radius 1 is 1.04 bits per heavy atom. The van der Waals surface area contributed by atoms with Crippen LogP contribution in [-0.2, 0) is 19.6 Å². The van der Waals surface area contributed by atoms with E-state index in [-0.39, 0.29) is 0 Å². The van der Waals surface area contributed by atoms with Crippen LogP contribution in [0.2, 0.25) is 0 Å². The first kappa shape index (κ1) is 15.1. The van der Waals surface area contributed by atoms with Gasteiger partial charge < -0.3 is 20.7 Å². The zero-order chi connectivity index (χ0) is 16.2. The molecule has 5 nitrogen and oxygen atoms in total. The maximum absolute atomic E-state index is 10.5. The summed E-state index contributed by atoms with van der Waals surface area (Å²) in [6.45, 7) is 1.62. The van der Waals surface area contributed by atoms with Gasteiger partial charge in [0.05, 0.1) is 0 Å². The second-order valence-electron chi connectivity index (χ2n) is 5.52. The van der Waals surface area contributed by atoms with Gasteiger partial charge >= 0.3 is 6.09 Å². The summed E-state index contributed by atoms with van der Waals surface area (Å²) >= 11 is 0. The van der Waals surface area contributed by atoms with Crippen LogP contribution >= 0.6 is 0 Å². The third-order valence-electron chi connectivity index (χ3n) is 3.89. The van der Waals surface area contributed by atoms with Crippen LogP contribution in [-0.4, -0.2) is 15.8 Å². The Balaban J connectivity index is 1.77. The third kappa shape index (κ3) is 3.52. The Hall–Kier alpha value is -2.79. The Labute approximate surface area is 134 Å². The molecule has 0 spiro atoms. The van der Waals surface area contributed by atoms with Crippen molar-refractivity contribution in [3.63, 3.8) is 0 Å². The summed E-state index contributed by atoms with van der Waals surface area (Å²) in [6.07, 6.45) is 1.06. The van der Waals surface area contributed by atoms with Crippen molar-refractivity contribution in [3.05, 3.63) is 71.4 Å². The van der Waals surface area contributed by atoms with Crippen LogP contribution in [0.1, 0.15) is 16.7 Å². The van der Waals surface area contributed by atoms with Gasteiger partial charge in [0, 0.05) is 31.3 Å². The number of nitrogens with zero attached hydrogens (tertiary/aromatic N) is 1. The fourth-order valence-corrected chi connectivity index (χ4v) is 2.63. The summed E-state index contributed by atoms with van der Waals surface area (Å²) in [4.78, 5) is 10.5. The van der Waals surface area contributed by atoms with Gasteiger partial charge in [-0.15, -0.1) is 0 Å². The Kier molecular flexibility index (Phi) is 4.30. The van der Waals surface area contributed by atoms with E-state index in [0.29, 0.717) is 13.1 Å². The van der Waals surface area contributed by atoms with Gasteiger partial charge in [-0.25, -0.2) is 4.79 Å². The van der Waals surface area contributed by atoms with Crippen molar-refractivity contribution in [1.29, 1.82) is 0 Å². The van der Waals surface area contributed by atoms with Gasteiger partial charge in [-0.05, 0) is 34.2 Å². The maximum Gasteiger partial charge on any atom is 0.404 e. The highest BCUT2D eigenvalue weighted by Gasteiger charge is 2.04. The van der Waals surface area contributed by atoms with Gasteiger partial charge in [-0.1, -0.05) is 36.4 Å². The topological polar surface area (TPSA) is 80.3 Å². The van der Waals surface area contributed by atoms with Gasteiger partial charge in [0.1, 0.15) is 0 Å². The lowest BCUT2D eigenvalue weighted by atomic mass is 10.1. The van der Waals surface area contributed by atoms with E-state index >= 15 is 0 Å². The molecule has 1 aromatic heterocycles. The average molecular weight is 309 g/mol. The van der Waals surface area contributed by atoms with E-state index in [1.165, 1.54) is 16.5 Å². The summed E-state index contributed by atoms with van der Waals surface area (Å²) in [5, 5.41) is 12.2. The van der Waals surface area contributed by atoms with E-state index < -0.39 is 6.09 Å². The minimum absolute atomic E-state index is 0.321. The maximum atomic E-state index is 10.5. The number of hydrogen-bond donors (Lipinski definition) is 3. The molecule has 3 aromatic rings. The molecule has 0 unspecified atom stereocenters. The van der Waals surface area contributed by atoms with E-state index in [0.717, 1.165) is 17.7 Å². The van der Waals surface area contributed by atoms with Crippen LogP contribution in [0.25, 0.3) is 10.9 Å². The molecule has 1 heterocycles. The monoisotopic (exact) mass is 309 g/mol. The van der Waals surface area contributed by atoms with Crippen molar-refractivity contribution in [2.75, 3.05) is 0 Å². The molecule has 4 N–H and O–H groups in total. The van der Waals surface area contributed by atoms with Crippen molar-refractivity contribution in [2.45, 2.75) is 19.6 Å². The lowest BCUT2D eigenvalue weighted by molar-refractivity contribution is 0.194. The molecule has 0 saturated heterocycles. The number of fused-ring (bicyclic) bond motifs is 1. The highest BCUT2D eigenvalue weighted by Crippen LogP contribution is 2.19. The number of amides is 1. The molecule has 0 aliphatic carbocycles. The second kappa shape index (κ2) is 6.54. The van der Waals surface area contributed by atoms with Crippen molar-refractivity contribution in [1.82, 2.24) is 9.88 Å². The van der Waals surface area contributed by atoms with E-state index in [1.807, 2.05) is 24.3 Å². The standard InChI is InChI=1S/C18H19N3O2/c19-10-15-5-6-16-7-8-21(17(16)9-15)12-14-3-1-13(2-4-14)11-20-18(22)23/h1-9,20H,10-12,19H2,(H,22,23). The average Bonchev–Trinajstić information content (AvgIpc) is 2.96. The fraction of sp³-hybridized carbons (Fsp3) is 0.167. The highest BCUT2D eigenvalue weighted by atomic mass is 16.4. The first-order chi connectivity index (χ1) is 11.2. The van der Waals surface area contributed by atoms with E-state index in [1.54, 1.807) is 0 Å². The van der Waals surface area contributed by atoms with Crippen LogP contribution < -0.4 is 11.1 Å². The fourth-order valence-electron chi connectivity index (χ4n) is 2.63. The molecule has 0 aliphatic heterocycles. The van der Waals surface area contributed by atoms with Crippen molar-refractivity contribution in [3.8, 4) is 0 Å². The number of nitrogens with one attached hydrogen (secondary N) is 1. The van der Waals surface area contributed by atoms with Crippen LogP contribution in [0, 0.1) is 0 Å². The predicted molar refractivity (Wildman–Crippen MR) is 90.2 cm³/mol. The molecule has 0 aliphatic rings. The zero-order valence-electron chi connectivity index (χ0n) is 12.7. The summed E-state index contributed by atoms with van der Waals surface area (Å²) in [7, 11) is 0. The number of carboxylic acid groups (broad SMARTS) is 1. The van der Waals surface area contributed by atoms with Crippen molar-refractivity contribution >= 4 is 17.0 Å². The second-order valence-corrected chi connectivity index (χ2v) is 5.52. The van der Waals surface area contributed by atoms with E-state index in [4.69, 9.17) is 10.8 Å². The molecule has 0 bridgehead atoms. The largest absolute Gasteiger partial charge is 0.465 e. The highest BCUT2D eigenvalue weighted by molar-refractivity contribution is 5.81. The number of benzene rings is 2. The minimum atomic E-state index is -1.01. The van der Waals surface area contributed by atoms with Crippen LogP contribution in [0.3, 0.4) is 0 Å². The molecule has 23 heavy (non-hydrogen) atoms. The lowest BCUT2D eigenvalue weighted by Crippen LogP contribution is -2.19. The Bertz CT molecular complexity index is 822. The normalized spacial score (nSPS) is 10.8. The molecule has 2 aromatic carbocycles. The van der Waals surface area contributed by atoms with Crippen LogP contribution in [0.15, 0.2) is 54.7 Å². The molecule has 3 rings (SSSR count). The molecule has 5 heteroatoms. The number of carbonyl (C=O) groups is 1. The molecule has 0 radical (unpaired) electrons. The smallest absolute Gasteiger partial charge is 0.404 e. The molecular formula is C18H19N3O2. The number of aromatic nitrogens is 1. The number of nitrogens with two attached hydrogens (primary N) is 1. The van der Waals surface area contributed by atoms with Gasteiger partial charge in [0.15, 0.2) is 0 Å². The molecule has 0 saturated carbocycles. The van der Waals surface area contributed by atoms with E-state index in [2.05, 4.69) is 40.3 Å². The molecular weight excluding hydrogens is 290 g/mol. The minimum Gasteiger partial charge on any atom is -0.465 e. The number of hydrogen-bond acceptors (Lipinski definition) is 2. The zero-order valence-corrected chi connectivity index (χ0v) is 12.7. The lowest BCUT2D eigenvalue weighted by Gasteiger charge is -2.08. The summed E-state index contributed by atoms with van der Waals surface area (Å²) in [5.41, 5.74) is 10.1. The van der Waals surface area contributed by atoms with Gasteiger partial charge in [-0.3, -0.25) is 0 Å². The van der Waals surface area contributed by atoms with Gasteiger partial charge in [-0.2, -0.15) is 0 Å². The van der Waals surface area contributed by atoms with Crippen LogP contribution in [0.4, 0.5) is 4.79 Å². The summed E-state index contributed by atoms with van der Waals surface area (Å²) in [6, 6.07) is 16.3. The third-order valence-corrected chi connectivity index (χ3v) is 3.89. The molecule has 0 atom stereocenters. The summed E-state index contributed by atoms with van der Waals surface area (Å²) in [5.74, 6) is 0. The Morgan fingerprint density at radius 3 is 2.43 bits per heavy atom.